The largest absolute Gasteiger partial charge is 0.373 e. The van der Waals surface area contributed by atoms with Crippen molar-refractivity contribution in [2.75, 3.05) is 27.2 Å². The van der Waals surface area contributed by atoms with Crippen LogP contribution in [0.1, 0.15) is 18.1 Å². The quantitative estimate of drug-likeness (QED) is 0.765. The van der Waals surface area contributed by atoms with Crippen molar-refractivity contribution < 1.29 is 17.7 Å². The van der Waals surface area contributed by atoms with Crippen LogP contribution in [0.3, 0.4) is 0 Å². The minimum Gasteiger partial charge on any atom is -0.373 e. The van der Waals surface area contributed by atoms with Gasteiger partial charge >= 0.3 is 0 Å². The summed E-state index contributed by atoms with van der Waals surface area (Å²) >= 11 is 0. The lowest BCUT2D eigenvalue weighted by Crippen LogP contribution is -2.39. The van der Waals surface area contributed by atoms with Gasteiger partial charge in [0.15, 0.2) is 5.82 Å². The van der Waals surface area contributed by atoms with Gasteiger partial charge in [0.05, 0.1) is 18.6 Å². The van der Waals surface area contributed by atoms with Crippen molar-refractivity contribution in [3.05, 3.63) is 11.7 Å². The van der Waals surface area contributed by atoms with Crippen LogP contribution >= 0.6 is 0 Å². The van der Waals surface area contributed by atoms with Gasteiger partial charge in [-0.2, -0.15) is 22.0 Å². The predicted molar refractivity (Wildman–Crippen MR) is 73.7 cm³/mol. The number of aromatic nitrogens is 2. The van der Waals surface area contributed by atoms with E-state index >= 15 is 0 Å². The molecule has 0 aliphatic carbocycles. The molecule has 0 aromatic carbocycles. The molecule has 2 aliphatic rings. The molecule has 3 rings (SSSR count). The highest BCUT2D eigenvalue weighted by atomic mass is 32.2. The molecule has 0 unspecified atom stereocenters. The van der Waals surface area contributed by atoms with E-state index in [2.05, 4.69) is 10.1 Å². The van der Waals surface area contributed by atoms with Gasteiger partial charge in [-0.3, -0.25) is 0 Å². The Hall–Kier alpha value is -1.03. The first kappa shape index (κ1) is 14.9. The van der Waals surface area contributed by atoms with Crippen molar-refractivity contribution >= 4 is 10.2 Å². The van der Waals surface area contributed by atoms with Crippen molar-refractivity contribution in [3.8, 4) is 0 Å². The van der Waals surface area contributed by atoms with Gasteiger partial charge in [0.1, 0.15) is 0 Å². The van der Waals surface area contributed by atoms with Crippen molar-refractivity contribution in [1.29, 1.82) is 0 Å². The predicted octanol–water partition coefficient (Wildman–Crippen LogP) is -0.184. The van der Waals surface area contributed by atoms with Crippen molar-refractivity contribution in [2.24, 2.45) is 5.92 Å². The summed E-state index contributed by atoms with van der Waals surface area (Å²) in [6.45, 7) is 2.72. The van der Waals surface area contributed by atoms with Gasteiger partial charge < -0.3 is 9.26 Å². The molecular formula is C12H20N4O4S. The van der Waals surface area contributed by atoms with Crippen LogP contribution in [0.5, 0.6) is 0 Å². The zero-order valence-electron chi connectivity index (χ0n) is 12.4. The van der Waals surface area contributed by atoms with E-state index in [4.69, 9.17) is 9.26 Å². The molecule has 0 amide bonds. The summed E-state index contributed by atoms with van der Waals surface area (Å²) in [5, 5.41) is 3.76. The summed E-state index contributed by atoms with van der Waals surface area (Å²) in [4.78, 5) is 4.17. The third-order valence-corrected chi connectivity index (χ3v) is 5.91. The number of fused-ring (bicyclic) bond motifs is 1. The number of aryl methyl sites for hydroxylation is 1. The maximum atomic E-state index is 12.1. The van der Waals surface area contributed by atoms with Crippen molar-refractivity contribution in [2.45, 2.75) is 32.0 Å². The topological polar surface area (TPSA) is 88.8 Å². The van der Waals surface area contributed by atoms with Crippen LogP contribution in [0.25, 0.3) is 0 Å². The second-order valence-corrected chi connectivity index (χ2v) is 7.98. The van der Waals surface area contributed by atoms with E-state index in [1.165, 1.54) is 8.61 Å². The second-order valence-electron chi connectivity index (χ2n) is 5.84. The van der Waals surface area contributed by atoms with Gasteiger partial charge in [-0.1, -0.05) is 5.16 Å². The van der Waals surface area contributed by atoms with Crippen molar-refractivity contribution in [1.82, 2.24) is 18.8 Å². The normalized spacial score (nSPS) is 30.2. The first-order valence-electron chi connectivity index (χ1n) is 6.98. The molecule has 2 aliphatic heterocycles. The molecule has 0 saturated carbocycles. The number of nitrogens with zero attached hydrogens (tertiary/aromatic N) is 4. The standard InChI is InChI=1S/C12H20N4O4S/c1-8-13-12(20-14-8)5-10-4-9-6-16(7-11(9)19-10)21(17,18)15(2)3/h9-11H,4-7H2,1-3H3/t9-,10+,11+/m0/s1. The molecule has 0 bridgehead atoms. The molecule has 3 heterocycles. The Morgan fingerprint density at radius 2 is 2.14 bits per heavy atom. The van der Waals surface area contributed by atoms with E-state index in [0.29, 0.717) is 31.2 Å². The third-order valence-electron chi connectivity index (χ3n) is 4.04. The molecule has 0 spiro atoms. The Morgan fingerprint density at radius 3 is 2.71 bits per heavy atom. The van der Waals surface area contributed by atoms with Gasteiger partial charge in [-0.25, -0.2) is 0 Å². The van der Waals surface area contributed by atoms with Crippen LogP contribution in [0.2, 0.25) is 0 Å². The van der Waals surface area contributed by atoms with Gasteiger partial charge in [0, 0.05) is 33.1 Å². The lowest BCUT2D eigenvalue weighted by molar-refractivity contribution is 0.0398. The van der Waals surface area contributed by atoms with Crippen LogP contribution in [0.15, 0.2) is 4.52 Å². The average Bonchev–Trinajstić information content (AvgIpc) is 3.04. The Bertz CT molecular complexity index is 601. The summed E-state index contributed by atoms with van der Waals surface area (Å²) in [6.07, 6.45) is 1.41. The number of rotatable bonds is 4. The molecule has 1 aromatic heterocycles. The molecule has 0 N–H and O–H groups in total. The fourth-order valence-electron chi connectivity index (χ4n) is 2.99. The Balaban J connectivity index is 1.59. The molecule has 8 nitrogen and oxygen atoms in total. The highest BCUT2D eigenvalue weighted by Crippen LogP contribution is 2.35. The Kier molecular flexibility index (Phi) is 3.76. The van der Waals surface area contributed by atoms with Crippen LogP contribution in [0, 0.1) is 12.8 Å². The molecule has 21 heavy (non-hydrogen) atoms. The van der Waals surface area contributed by atoms with Gasteiger partial charge in [-0.05, 0) is 13.3 Å². The molecule has 2 saturated heterocycles. The van der Waals surface area contributed by atoms with Gasteiger partial charge in [0.25, 0.3) is 10.2 Å². The summed E-state index contributed by atoms with van der Waals surface area (Å²) in [5.74, 6) is 1.44. The monoisotopic (exact) mass is 316 g/mol. The zero-order chi connectivity index (χ0) is 15.2. The van der Waals surface area contributed by atoms with E-state index in [9.17, 15) is 8.42 Å². The number of ether oxygens (including phenoxy) is 1. The maximum Gasteiger partial charge on any atom is 0.281 e. The lowest BCUT2D eigenvalue weighted by Gasteiger charge is -2.22. The fraction of sp³-hybridized carbons (Fsp3) is 0.833. The highest BCUT2D eigenvalue weighted by molar-refractivity contribution is 7.86. The highest BCUT2D eigenvalue weighted by Gasteiger charge is 2.46. The molecule has 3 atom stereocenters. The van der Waals surface area contributed by atoms with Crippen molar-refractivity contribution in [3.63, 3.8) is 0 Å². The second kappa shape index (κ2) is 5.31. The Labute approximate surface area is 124 Å². The van der Waals surface area contributed by atoms with E-state index in [1.807, 2.05) is 0 Å². The fourth-order valence-corrected chi connectivity index (χ4v) is 4.17. The lowest BCUT2D eigenvalue weighted by atomic mass is 10.0. The van der Waals surface area contributed by atoms with E-state index in [0.717, 1.165) is 6.42 Å². The minimum absolute atomic E-state index is 0.0315. The summed E-state index contributed by atoms with van der Waals surface area (Å²) in [7, 11) is -0.253. The first-order chi connectivity index (χ1) is 9.86. The SMILES string of the molecule is Cc1noc(C[C@H]2C[C@H]3CN(S(=O)(=O)N(C)C)C[C@H]3O2)n1. The summed E-state index contributed by atoms with van der Waals surface area (Å²) in [6, 6.07) is 0. The molecule has 0 radical (unpaired) electrons. The van der Waals surface area contributed by atoms with E-state index < -0.39 is 10.2 Å². The van der Waals surface area contributed by atoms with Crippen LogP contribution in [-0.4, -0.2) is 66.6 Å². The molecule has 118 valence electrons. The summed E-state index contributed by atoms with van der Waals surface area (Å²) < 4.78 is 38.0. The van der Waals surface area contributed by atoms with Crippen LogP contribution in [0.4, 0.5) is 0 Å². The van der Waals surface area contributed by atoms with Gasteiger partial charge in [0.2, 0.25) is 5.89 Å². The van der Waals surface area contributed by atoms with E-state index in [1.54, 1.807) is 21.0 Å². The molecule has 2 fully saturated rings. The minimum atomic E-state index is -3.35. The molecule has 9 heteroatoms. The zero-order valence-corrected chi connectivity index (χ0v) is 13.2. The van der Waals surface area contributed by atoms with Crippen LogP contribution < -0.4 is 0 Å². The van der Waals surface area contributed by atoms with E-state index in [-0.39, 0.29) is 18.1 Å². The molecular weight excluding hydrogens is 296 g/mol. The first-order valence-corrected chi connectivity index (χ1v) is 8.38. The van der Waals surface area contributed by atoms with Gasteiger partial charge in [-0.15, -0.1) is 0 Å². The maximum absolute atomic E-state index is 12.1. The number of hydrogen-bond donors (Lipinski definition) is 0. The summed E-state index contributed by atoms with van der Waals surface area (Å²) in [5.41, 5.74) is 0. The number of hydrogen-bond acceptors (Lipinski definition) is 6. The smallest absolute Gasteiger partial charge is 0.281 e. The molecule has 1 aromatic rings. The third kappa shape index (κ3) is 2.83. The Morgan fingerprint density at radius 1 is 1.38 bits per heavy atom. The van der Waals surface area contributed by atoms with Crippen LogP contribution in [-0.2, 0) is 21.4 Å². The average molecular weight is 316 g/mol.